The van der Waals surface area contributed by atoms with E-state index in [2.05, 4.69) is 17.1 Å². The van der Waals surface area contributed by atoms with Crippen LogP contribution in [0.1, 0.15) is 18.4 Å². The third-order valence-corrected chi connectivity index (χ3v) is 3.18. The van der Waals surface area contributed by atoms with Gasteiger partial charge in [-0.05, 0) is 24.5 Å². The maximum atomic E-state index is 9.91. The topological polar surface area (TPSA) is 38.0 Å². The highest BCUT2D eigenvalue weighted by atomic mass is 16.3. The van der Waals surface area contributed by atoms with Gasteiger partial charge in [0.1, 0.15) is 0 Å². The van der Waals surface area contributed by atoms with Crippen LogP contribution in [0, 0.1) is 0 Å². The lowest BCUT2D eigenvalue weighted by atomic mass is 10.1. The van der Waals surface area contributed by atoms with Crippen LogP contribution in [-0.4, -0.2) is 20.3 Å². The molecule has 15 heavy (non-hydrogen) atoms. The summed E-state index contributed by atoms with van der Waals surface area (Å²) < 4.78 is 2.01. The monoisotopic (exact) mass is 202 g/mol. The van der Waals surface area contributed by atoms with E-state index in [-0.39, 0.29) is 0 Å². The number of hydrogen-bond donors (Lipinski definition) is 1. The van der Waals surface area contributed by atoms with Crippen molar-refractivity contribution in [3.05, 3.63) is 30.1 Å². The SMILES string of the molecule is Cn1cnc2c(CC3(O)CC3)cccc21. The number of para-hydroxylation sites is 1. The maximum absolute atomic E-state index is 9.91. The predicted molar refractivity (Wildman–Crippen MR) is 58.6 cm³/mol. The van der Waals surface area contributed by atoms with Crippen molar-refractivity contribution in [3.63, 3.8) is 0 Å². The molecule has 78 valence electrons. The first kappa shape index (κ1) is 8.92. The van der Waals surface area contributed by atoms with Gasteiger partial charge >= 0.3 is 0 Å². The number of fused-ring (bicyclic) bond motifs is 1. The molecule has 3 nitrogen and oxygen atoms in total. The van der Waals surface area contributed by atoms with Crippen LogP contribution in [-0.2, 0) is 13.5 Å². The Morgan fingerprint density at radius 1 is 1.47 bits per heavy atom. The van der Waals surface area contributed by atoms with Gasteiger partial charge in [0.25, 0.3) is 0 Å². The average Bonchev–Trinajstić information content (AvgIpc) is 2.81. The number of aryl methyl sites for hydroxylation is 1. The number of nitrogens with zero attached hydrogens (tertiary/aromatic N) is 2. The molecule has 1 aliphatic rings. The van der Waals surface area contributed by atoms with Gasteiger partial charge in [-0.1, -0.05) is 12.1 Å². The quantitative estimate of drug-likeness (QED) is 0.804. The van der Waals surface area contributed by atoms with E-state index in [1.807, 2.05) is 24.0 Å². The predicted octanol–water partition coefficient (Wildman–Crippen LogP) is 1.64. The molecule has 0 unspecified atom stereocenters. The molecular formula is C12H14N2O. The molecule has 1 saturated carbocycles. The number of rotatable bonds is 2. The third kappa shape index (κ3) is 1.43. The molecule has 0 aliphatic heterocycles. The first-order chi connectivity index (χ1) is 7.18. The fraction of sp³-hybridized carbons (Fsp3) is 0.417. The minimum Gasteiger partial charge on any atom is -0.390 e. The standard InChI is InChI=1S/C12H14N2O/c1-14-8-13-11-9(3-2-4-10(11)14)7-12(15)5-6-12/h2-4,8,15H,5-7H2,1H3. The van der Waals surface area contributed by atoms with Crippen LogP contribution in [0.15, 0.2) is 24.5 Å². The average molecular weight is 202 g/mol. The lowest BCUT2D eigenvalue weighted by Crippen LogP contribution is -2.10. The second kappa shape index (κ2) is 2.83. The summed E-state index contributed by atoms with van der Waals surface area (Å²) in [6, 6.07) is 6.15. The molecule has 0 spiro atoms. The van der Waals surface area contributed by atoms with Crippen molar-refractivity contribution in [2.75, 3.05) is 0 Å². The van der Waals surface area contributed by atoms with Crippen molar-refractivity contribution < 1.29 is 5.11 Å². The van der Waals surface area contributed by atoms with Crippen molar-refractivity contribution in [1.82, 2.24) is 9.55 Å². The fourth-order valence-electron chi connectivity index (χ4n) is 2.04. The molecule has 0 amide bonds. The Morgan fingerprint density at radius 3 is 3.00 bits per heavy atom. The summed E-state index contributed by atoms with van der Waals surface area (Å²) in [7, 11) is 1.99. The van der Waals surface area contributed by atoms with E-state index in [1.165, 1.54) is 0 Å². The van der Waals surface area contributed by atoms with Gasteiger partial charge in [-0.3, -0.25) is 0 Å². The molecular weight excluding hydrogens is 188 g/mol. The van der Waals surface area contributed by atoms with Gasteiger partial charge in [-0.25, -0.2) is 4.98 Å². The Bertz CT molecular complexity index is 511. The number of benzene rings is 1. The van der Waals surface area contributed by atoms with Crippen molar-refractivity contribution in [3.8, 4) is 0 Å². The van der Waals surface area contributed by atoms with Crippen molar-refractivity contribution >= 4 is 11.0 Å². The van der Waals surface area contributed by atoms with Crippen molar-refractivity contribution in [1.29, 1.82) is 0 Å². The smallest absolute Gasteiger partial charge is 0.0955 e. The molecule has 3 heteroatoms. The highest BCUT2D eigenvalue weighted by Gasteiger charge is 2.40. The Kier molecular flexibility index (Phi) is 1.68. The zero-order valence-corrected chi connectivity index (χ0v) is 8.77. The molecule has 0 bridgehead atoms. The molecule has 0 radical (unpaired) electrons. The summed E-state index contributed by atoms with van der Waals surface area (Å²) in [6.07, 6.45) is 4.42. The molecule has 1 aromatic carbocycles. The maximum Gasteiger partial charge on any atom is 0.0955 e. The van der Waals surface area contributed by atoms with E-state index < -0.39 is 5.60 Å². The Morgan fingerprint density at radius 2 is 2.27 bits per heavy atom. The van der Waals surface area contributed by atoms with Crippen LogP contribution in [0.2, 0.25) is 0 Å². The molecule has 1 fully saturated rings. The summed E-state index contributed by atoms with van der Waals surface area (Å²) in [4.78, 5) is 4.38. The van der Waals surface area contributed by atoms with Gasteiger partial charge < -0.3 is 9.67 Å². The third-order valence-electron chi connectivity index (χ3n) is 3.18. The first-order valence-corrected chi connectivity index (χ1v) is 5.29. The Balaban J connectivity index is 2.09. The number of hydrogen-bond acceptors (Lipinski definition) is 2. The number of aliphatic hydroxyl groups is 1. The highest BCUT2D eigenvalue weighted by molar-refractivity contribution is 5.79. The van der Waals surface area contributed by atoms with E-state index in [9.17, 15) is 5.11 Å². The molecule has 0 atom stereocenters. The Hall–Kier alpha value is -1.35. The van der Waals surface area contributed by atoms with Gasteiger partial charge in [0.2, 0.25) is 0 Å². The summed E-state index contributed by atoms with van der Waals surface area (Å²) in [5.74, 6) is 0. The van der Waals surface area contributed by atoms with Gasteiger partial charge in [-0.15, -0.1) is 0 Å². The van der Waals surface area contributed by atoms with E-state index in [0.717, 1.165) is 35.9 Å². The van der Waals surface area contributed by atoms with E-state index in [1.54, 1.807) is 0 Å². The second-order valence-corrected chi connectivity index (χ2v) is 4.54. The summed E-state index contributed by atoms with van der Waals surface area (Å²) >= 11 is 0. The van der Waals surface area contributed by atoms with Crippen LogP contribution >= 0.6 is 0 Å². The zero-order chi connectivity index (χ0) is 10.5. The van der Waals surface area contributed by atoms with Gasteiger partial charge in [-0.2, -0.15) is 0 Å². The number of imidazole rings is 1. The van der Waals surface area contributed by atoms with Gasteiger partial charge in [0.15, 0.2) is 0 Å². The largest absolute Gasteiger partial charge is 0.390 e. The van der Waals surface area contributed by atoms with E-state index in [0.29, 0.717) is 0 Å². The lowest BCUT2D eigenvalue weighted by molar-refractivity contribution is 0.151. The summed E-state index contributed by atoms with van der Waals surface area (Å²) in [5.41, 5.74) is 2.89. The molecule has 0 saturated heterocycles. The first-order valence-electron chi connectivity index (χ1n) is 5.29. The number of aromatic nitrogens is 2. The summed E-state index contributed by atoms with van der Waals surface area (Å²) in [5, 5.41) is 9.91. The minimum atomic E-state index is -0.439. The van der Waals surface area contributed by atoms with Crippen LogP contribution < -0.4 is 0 Å². The second-order valence-electron chi connectivity index (χ2n) is 4.54. The molecule has 1 N–H and O–H groups in total. The zero-order valence-electron chi connectivity index (χ0n) is 8.77. The van der Waals surface area contributed by atoms with Gasteiger partial charge in [0.05, 0.1) is 23.0 Å². The molecule has 3 rings (SSSR count). The molecule has 1 heterocycles. The normalized spacial score (nSPS) is 18.3. The van der Waals surface area contributed by atoms with Crippen LogP contribution in [0.3, 0.4) is 0 Å². The Labute approximate surface area is 88.4 Å². The molecule has 1 aromatic heterocycles. The molecule has 1 aliphatic carbocycles. The van der Waals surface area contributed by atoms with Crippen LogP contribution in [0.5, 0.6) is 0 Å². The molecule has 2 aromatic rings. The van der Waals surface area contributed by atoms with E-state index >= 15 is 0 Å². The minimum absolute atomic E-state index is 0.439. The lowest BCUT2D eigenvalue weighted by Gasteiger charge is -2.07. The van der Waals surface area contributed by atoms with Crippen LogP contribution in [0.4, 0.5) is 0 Å². The summed E-state index contributed by atoms with van der Waals surface area (Å²) in [6.45, 7) is 0. The fourth-order valence-corrected chi connectivity index (χ4v) is 2.04. The van der Waals surface area contributed by atoms with Gasteiger partial charge in [0, 0.05) is 13.5 Å². The van der Waals surface area contributed by atoms with Crippen molar-refractivity contribution in [2.45, 2.75) is 24.9 Å². The highest BCUT2D eigenvalue weighted by Crippen LogP contribution is 2.39. The van der Waals surface area contributed by atoms with Crippen molar-refractivity contribution in [2.24, 2.45) is 7.05 Å². The van der Waals surface area contributed by atoms with Crippen LogP contribution in [0.25, 0.3) is 11.0 Å². The van der Waals surface area contributed by atoms with E-state index in [4.69, 9.17) is 0 Å².